The molecule has 0 atom stereocenters. The first-order valence-electron chi connectivity index (χ1n) is 18.8. The molecule has 0 amide bonds. The maximum Gasteiger partial charge on any atom is 0.417 e. The van der Waals surface area contributed by atoms with Crippen LogP contribution < -0.4 is 0 Å². The number of aromatic nitrogens is 2. The zero-order valence-electron chi connectivity index (χ0n) is 30.3. The van der Waals surface area contributed by atoms with E-state index < -0.39 is 11.7 Å². The Bertz CT molecular complexity index is 3550. The van der Waals surface area contributed by atoms with Gasteiger partial charge in [-0.3, -0.25) is 0 Å². The number of rotatable bonds is 3. The average Bonchev–Trinajstić information content (AvgIpc) is 4.00. The van der Waals surface area contributed by atoms with Gasteiger partial charge in [-0.2, -0.15) is 18.4 Å². The van der Waals surface area contributed by atoms with Crippen molar-refractivity contribution < 1.29 is 22.0 Å². The summed E-state index contributed by atoms with van der Waals surface area (Å²) >= 11 is 0. The van der Waals surface area contributed by atoms with Crippen LogP contribution >= 0.6 is 0 Å². The van der Waals surface area contributed by atoms with E-state index in [-0.39, 0.29) is 11.1 Å². The number of hydrogen-bond acceptors (Lipinski definition) is 3. The Morgan fingerprint density at radius 2 is 0.897 bits per heavy atom. The van der Waals surface area contributed by atoms with Gasteiger partial charge in [0.25, 0.3) is 0 Å². The van der Waals surface area contributed by atoms with E-state index in [1.807, 2.05) is 130 Å². The SMILES string of the molecule is N#Cc1cc(-n2c3ccccc3c3ccc4c5ccccc5oc4c32)c(-c2ccccc2C(F)(F)F)c(-n2c3ccccc3c3ccc4c5ccccc5oc4c32)c1. The maximum atomic E-state index is 15.4. The molecule has 0 bridgehead atoms. The van der Waals surface area contributed by atoms with E-state index in [1.165, 1.54) is 12.1 Å². The number of benzene rings is 8. The highest BCUT2D eigenvalue weighted by Gasteiger charge is 2.36. The molecule has 12 rings (SSSR count). The number of hydrogen-bond donors (Lipinski definition) is 0. The summed E-state index contributed by atoms with van der Waals surface area (Å²) in [5, 5.41) is 17.9. The first-order valence-corrected chi connectivity index (χ1v) is 18.8. The fraction of sp³-hybridized carbons (Fsp3) is 0.0200. The van der Waals surface area contributed by atoms with Crippen molar-refractivity contribution in [2.75, 3.05) is 0 Å². The fourth-order valence-corrected chi connectivity index (χ4v) is 9.22. The van der Waals surface area contributed by atoms with Gasteiger partial charge in [-0.1, -0.05) is 103 Å². The van der Waals surface area contributed by atoms with Crippen molar-refractivity contribution in [3.8, 4) is 28.6 Å². The molecular formula is C50H26F3N3O2. The van der Waals surface area contributed by atoms with Gasteiger partial charge in [-0.05, 0) is 60.2 Å². The van der Waals surface area contributed by atoms with Gasteiger partial charge in [0, 0.05) is 48.7 Å². The van der Waals surface area contributed by atoms with Crippen molar-refractivity contribution in [3.05, 3.63) is 169 Å². The highest BCUT2D eigenvalue weighted by Crippen LogP contribution is 2.49. The summed E-state index contributed by atoms with van der Waals surface area (Å²) in [7, 11) is 0. The van der Waals surface area contributed by atoms with E-state index >= 15 is 13.2 Å². The van der Waals surface area contributed by atoms with Crippen molar-refractivity contribution >= 4 is 87.5 Å². The van der Waals surface area contributed by atoms with E-state index in [9.17, 15) is 5.26 Å². The molecule has 8 heteroatoms. The molecule has 0 aliphatic carbocycles. The van der Waals surface area contributed by atoms with Crippen molar-refractivity contribution in [1.82, 2.24) is 9.13 Å². The number of halogens is 3. The second-order valence-corrected chi connectivity index (χ2v) is 14.6. The van der Waals surface area contributed by atoms with Gasteiger partial charge in [0.15, 0.2) is 11.2 Å². The minimum atomic E-state index is -4.71. The number of fused-ring (bicyclic) bond motifs is 14. The van der Waals surface area contributed by atoms with Crippen molar-refractivity contribution in [2.24, 2.45) is 0 Å². The predicted octanol–water partition coefficient (Wildman–Crippen LogP) is 14.2. The van der Waals surface area contributed by atoms with Gasteiger partial charge >= 0.3 is 6.18 Å². The smallest absolute Gasteiger partial charge is 0.417 e. The second kappa shape index (κ2) is 11.6. The minimum Gasteiger partial charge on any atom is -0.454 e. The van der Waals surface area contributed by atoms with Crippen LogP contribution in [0.15, 0.2) is 167 Å². The van der Waals surface area contributed by atoms with E-state index in [1.54, 1.807) is 18.2 Å². The van der Waals surface area contributed by atoms with Crippen molar-refractivity contribution in [1.29, 1.82) is 5.26 Å². The molecule has 0 aliphatic rings. The number of nitriles is 1. The quantitative estimate of drug-likeness (QED) is 0.180. The van der Waals surface area contributed by atoms with Crippen LogP contribution in [0, 0.1) is 11.3 Å². The molecule has 0 unspecified atom stereocenters. The molecule has 12 aromatic rings. The van der Waals surface area contributed by atoms with Crippen LogP contribution in [0.4, 0.5) is 13.2 Å². The molecule has 0 fully saturated rings. The molecule has 4 heterocycles. The maximum absolute atomic E-state index is 15.4. The lowest BCUT2D eigenvalue weighted by Crippen LogP contribution is -2.11. The molecule has 0 spiro atoms. The topological polar surface area (TPSA) is 59.9 Å². The second-order valence-electron chi connectivity index (χ2n) is 14.6. The highest BCUT2D eigenvalue weighted by molar-refractivity contribution is 6.23. The van der Waals surface area contributed by atoms with E-state index in [0.29, 0.717) is 50.3 Å². The van der Waals surface area contributed by atoms with Gasteiger partial charge < -0.3 is 18.0 Å². The van der Waals surface area contributed by atoms with E-state index in [4.69, 9.17) is 8.83 Å². The van der Waals surface area contributed by atoms with Gasteiger partial charge in [-0.25, -0.2) is 0 Å². The normalized spacial score (nSPS) is 12.4. The van der Waals surface area contributed by atoms with E-state index in [2.05, 4.69) is 6.07 Å². The van der Waals surface area contributed by atoms with Crippen LogP contribution in [0.3, 0.4) is 0 Å². The van der Waals surface area contributed by atoms with Crippen molar-refractivity contribution in [3.63, 3.8) is 0 Å². The molecule has 8 aromatic carbocycles. The molecule has 5 nitrogen and oxygen atoms in total. The third-order valence-electron chi connectivity index (χ3n) is 11.6. The standard InChI is InChI=1S/C50H26F3N3O2/c51-50(52,53)38-16-6-1-15-37(38)45-41(55-39-17-7-2-11-29(39)33-21-23-35-31-13-4-9-19-43(31)57-48(35)46(33)55)25-28(27-54)26-42(45)56-40-18-8-3-12-30(40)34-22-24-36-32-14-5-10-20-44(32)58-49(36)47(34)56/h1-26H. The van der Waals surface area contributed by atoms with Gasteiger partial charge in [-0.15, -0.1) is 0 Å². The number of nitrogens with zero attached hydrogens (tertiary/aromatic N) is 3. The van der Waals surface area contributed by atoms with Gasteiger partial charge in [0.1, 0.15) is 11.2 Å². The van der Waals surface area contributed by atoms with Crippen molar-refractivity contribution in [2.45, 2.75) is 6.18 Å². The Balaban J connectivity index is 1.34. The summed E-state index contributed by atoms with van der Waals surface area (Å²) in [5.41, 5.74) is 5.95. The number of para-hydroxylation sites is 4. The van der Waals surface area contributed by atoms with Crippen LogP contribution in [0.5, 0.6) is 0 Å². The molecule has 0 N–H and O–H groups in total. The number of furan rings is 2. The lowest BCUT2D eigenvalue weighted by molar-refractivity contribution is -0.137. The van der Waals surface area contributed by atoms with Crippen LogP contribution in [0.1, 0.15) is 11.1 Å². The first kappa shape index (κ1) is 32.5. The molecule has 274 valence electrons. The lowest BCUT2D eigenvalue weighted by atomic mass is 9.94. The zero-order valence-corrected chi connectivity index (χ0v) is 30.3. The van der Waals surface area contributed by atoms with Gasteiger partial charge in [0.05, 0.1) is 50.6 Å². The molecule has 0 saturated carbocycles. The summed E-state index contributed by atoms with van der Waals surface area (Å²) in [4.78, 5) is 0. The molecular weight excluding hydrogens is 732 g/mol. The monoisotopic (exact) mass is 757 g/mol. The van der Waals surface area contributed by atoms with Gasteiger partial charge in [0.2, 0.25) is 0 Å². The molecule has 0 aliphatic heterocycles. The zero-order chi connectivity index (χ0) is 38.9. The fourth-order valence-electron chi connectivity index (χ4n) is 9.22. The molecule has 0 saturated heterocycles. The predicted molar refractivity (Wildman–Crippen MR) is 225 cm³/mol. The van der Waals surface area contributed by atoms with Crippen LogP contribution in [-0.4, -0.2) is 9.13 Å². The Morgan fingerprint density at radius 1 is 0.466 bits per heavy atom. The summed E-state index contributed by atoms with van der Waals surface area (Å²) in [6.45, 7) is 0. The lowest BCUT2D eigenvalue weighted by Gasteiger charge is -2.23. The average molecular weight is 758 g/mol. The summed E-state index contributed by atoms with van der Waals surface area (Å²) in [6.07, 6.45) is -4.71. The molecule has 58 heavy (non-hydrogen) atoms. The van der Waals surface area contributed by atoms with Crippen LogP contribution in [0.2, 0.25) is 0 Å². The largest absolute Gasteiger partial charge is 0.454 e. The Morgan fingerprint density at radius 3 is 1.40 bits per heavy atom. The first-order chi connectivity index (χ1) is 28.4. The van der Waals surface area contributed by atoms with E-state index in [0.717, 1.165) is 60.2 Å². The third kappa shape index (κ3) is 4.35. The Hall–Kier alpha value is -7.76. The summed E-state index contributed by atoms with van der Waals surface area (Å²) in [6, 6.07) is 50.8. The van der Waals surface area contributed by atoms with Crippen LogP contribution in [0.25, 0.3) is 110 Å². The summed E-state index contributed by atoms with van der Waals surface area (Å²) < 4.78 is 63.4. The third-order valence-corrected chi connectivity index (χ3v) is 11.6. The van der Waals surface area contributed by atoms with Crippen LogP contribution in [-0.2, 0) is 6.18 Å². The Labute approximate surface area is 326 Å². The Kier molecular flexibility index (Phi) is 6.52. The molecule has 0 radical (unpaired) electrons. The number of alkyl halides is 3. The highest BCUT2D eigenvalue weighted by atomic mass is 19.4. The summed E-state index contributed by atoms with van der Waals surface area (Å²) in [5.74, 6) is 0. The molecule has 4 aromatic heterocycles. The minimum absolute atomic E-state index is 0.0325.